The van der Waals surface area contributed by atoms with Gasteiger partial charge in [-0.25, -0.2) is 4.68 Å². The van der Waals surface area contributed by atoms with Crippen molar-refractivity contribution in [2.24, 2.45) is 23.7 Å². The fraction of sp³-hybridized carbons (Fsp3) is 0.778. The molecule has 21 heavy (non-hydrogen) atoms. The Kier molecular flexibility index (Phi) is 2.77. The Bertz CT molecular complexity index is 531. The second-order valence-electron chi connectivity index (χ2n) is 8.03. The predicted molar refractivity (Wildman–Crippen MR) is 81.8 cm³/mol. The second kappa shape index (κ2) is 4.69. The molecule has 0 amide bonds. The van der Waals surface area contributed by atoms with Crippen LogP contribution >= 0.6 is 0 Å². The highest BCUT2D eigenvalue weighted by molar-refractivity contribution is 5.10. The molecule has 0 saturated heterocycles. The molecule has 4 bridgehead atoms. The van der Waals surface area contributed by atoms with Crippen LogP contribution in [0.1, 0.15) is 69.0 Å². The molecule has 0 spiro atoms. The summed E-state index contributed by atoms with van der Waals surface area (Å²) in [5.74, 6) is 4.47. The van der Waals surface area contributed by atoms with Crippen LogP contribution in [-0.4, -0.2) is 15.0 Å². The van der Waals surface area contributed by atoms with E-state index in [0.717, 1.165) is 30.1 Å². The molecular weight excluding hydrogens is 258 g/mol. The number of aromatic nitrogens is 3. The van der Waals surface area contributed by atoms with Crippen molar-refractivity contribution in [2.75, 3.05) is 0 Å². The van der Waals surface area contributed by atoms with Crippen molar-refractivity contribution >= 4 is 0 Å². The van der Waals surface area contributed by atoms with Gasteiger partial charge in [0, 0.05) is 12.1 Å². The van der Waals surface area contributed by atoms with Crippen molar-refractivity contribution < 1.29 is 0 Å². The number of hydrogen-bond acceptors (Lipinski definition) is 2. The summed E-state index contributed by atoms with van der Waals surface area (Å²) in [7, 11) is 0. The molecule has 3 nitrogen and oxygen atoms in total. The van der Waals surface area contributed by atoms with Gasteiger partial charge in [0.15, 0.2) is 0 Å². The zero-order valence-corrected chi connectivity index (χ0v) is 12.7. The fourth-order valence-electron chi connectivity index (χ4n) is 6.01. The topological polar surface area (TPSA) is 30.7 Å². The van der Waals surface area contributed by atoms with Crippen LogP contribution < -0.4 is 0 Å². The molecule has 0 aromatic carbocycles. The predicted octanol–water partition coefficient (Wildman–Crippen LogP) is 4.10. The van der Waals surface area contributed by atoms with Gasteiger partial charge in [0.2, 0.25) is 0 Å². The van der Waals surface area contributed by atoms with Crippen LogP contribution in [0.3, 0.4) is 0 Å². The van der Waals surface area contributed by atoms with Gasteiger partial charge in [-0.3, -0.25) is 0 Å². The monoisotopic (exact) mass is 283 g/mol. The quantitative estimate of drug-likeness (QED) is 0.765. The van der Waals surface area contributed by atoms with Crippen molar-refractivity contribution in [1.29, 1.82) is 0 Å². The third-order valence-electron chi connectivity index (χ3n) is 6.70. The molecule has 5 aliphatic carbocycles. The van der Waals surface area contributed by atoms with E-state index >= 15 is 0 Å². The molecule has 5 aliphatic rings. The molecule has 0 aliphatic heterocycles. The molecule has 3 heteroatoms. The van der Waals surface area contributed by atoms with Crippen LogP contribution in [0.4, 0.5) is 0 Å². The van der Waals surface area contributed by atoms with Crippen molar-refractivity contribution in [1.82, 2.24) is 15.0 Å². The molecule has 0 radical (unpaired) electrons. The lowest BCUT2D eigenvalue weighted by molar-refractivity contribution is -0.0342. The van der Waals surface area contributed by atoms with E-state index in [1.807, 2.05) is 0 Å². The summed E-state index contributed by atoms with van der Waals surface area (Å²) < 4.78 is 2.28. The maximum atomic E-state index is 4.58. The van der Waals surface area contributed by atoms with Gasteiger partial charge in [-0.2, -0.15) is 0 Å². The molecule has 0 unspecified atom stereocenters. The number of allylic oxidation sites excluding steroid dienone is 2. The van der Waals surface area contributed by atoms with E-state index in [0.29, 0.717) is 12.0 Å². The summed E-state index contributed by atoms with van der Waals surface area (Å²) in [4.78, 5) is 0. The Labute approximate surface area is 126 Å². The van der Waals surface area contributed by atoms with E-state index in [1.165, 1.54) is 50.6 Å². The summed E-state index contributed by atoms with van der Waals surface area (Å²) >= 11 is 0. The average Bonchev–Trinajstić information content (AvgIpc) is 2.97. The standard InChI is InChI=1S/C18H25N3/c1-2-4-14(5-3-1)17-11-21(20-19-17)18-15-7-12-6-13(9-15)10-16(18)8-12/h1-2,11-16,18H,3-10H2/t12?,13?,14-,15?,16?,18?/m1/s1. The van der Waals surface area contributed by atoms with Crippen LogP contribution in [0.25, 0.3) is 0 Å². The lowest BCUT2D eigenvalue weighted by Gasteiger charge is -2.54. The lowest BCUT2D eigenvalue weighted by atomic mass is 9.54. The highest BCUT2D eigenvalue weighted by atomic mass is 15.4. The highest BCUT2D eigenvalue weighted by Gasteiger charge is 2.49. The number of hydrogen-bond donors (Lipinski definition) is 0. The maximum absolute atomic E-state index is 4.58. The Morgan fingerprint density at radius 3 is 2.38 bits per heavy atom. The average molecular weight is 283 g/mol. The number of rotatable bonds is 2. The Morgan fingerprint density at radius 2 is 1.71 bits per heavy atom. The fourth-order valence-corrected chi connectivity index (χ4v) is 6.01. The van der Waals surface area contributed by atoms with Gasteiger partial charge >= 0.3 is 0 Å². The first-order valence-electron chi connectivity index (χ1n) is 8.93. The first-order chi connectivity index (χ1) is 10.4. The normalized spacial score (nSPS) is 44.4. The third-order valence-corrected chi connectivity index (χ3v) is 6.70. The van der Waals surface area contributed by atoms with Crippen molar-refractivity contribution in [2.45, 2.75) is 63.3 Å². The van der Waals surface area contributed by atoms with Crippen molar-refractivity contribution in [3.05, 3.63) is 24.0 Å². The van der Waals surface area contributed by atoms with E-state index in [9.17, 15) is 0 Å². The summed E-state index contributed by atoms with van der Waals surface area (Å²) in [6, 6.07) is 0.665. The van der Waals surface area contributed by atoms with Crippen LogP contribution in [0.5, 0.6) is 0 Å². The number of nitrogens with zero attached hydrogens (tertiary/aromatic N) is 3. The second-order valence-corrected chi connectivity index (χ2v) is 8.03. The van der Waals surface area contributed by atoms with Gasteiger partial charge in [-0.1, -0.05) is 17.4 Å². The minimum Gasteiger partial charge on any atom is -0.249 e. The van der Waals surface area contributed by atoms with Gasteiger partial charge in [0.25, 0.3) is 0 Å². The van der Waals surface area contributed by atoms with Gasteiger partial charge < -0.3 is 0 Å². The Morgan fingerprint density at radius 1 is 0.952 bits per heavy atom. The third kappa shape index (κ3) is 2.00. The minimum absolute atomic E-state index is 0.612. The molecule has 1 atom stereocenters. The summed E-state index contributed by atoms with van der Waals surface area (Å²) in [5.41, 5.74) is 1.24. The van der Waals surface area contributed by atoms with Gasteiger partial charge in [-0.05, 0) is 75.0 Å². The molecule has 4 fully saturated rings. The SMILES string of the molecule is C1=CC[C@@H](c2cn(C3C4CC5CC(C4)CC3C5)nn2)CC1. The van der Waals surface area contributed by atoms with E-state index < -0.39 is 0 Å². The molecule has 6 rings (SSSR count). The smallest absolute Gasteiger partial charge is 0.0861 e. The summed E-state index contributed by atoms with van der Waals surface area (Å²) in [6.07, 6.45) is 17.9. The lowest BCUT2D eigenvalue weighted by Crippen LogP contribution is -2.46. The Hall–Kier alpha value is -1.12. The molecule has 0 N–H and O–H groups in total. The van der Waals surface area contributed by atoms with Crippen LogP contribution in [0, 0.1) is 23.7 Å². The van der Waals surface area contributed by atoms with Gasteiger partial charge in [0.05, 0.1) is 11.7 Å². The minimum atomic E-state index is 0.612. The largest absolute Gasteiger partial charge is 0.249 e. The summed E-state index contributed by atoms with van der Waals surface area (Å²) in [5, 5.41) is 9.13. The highest BCUT2D eigenvalue weighted by Crippen LogP contribution is 2.58. The van der Waals surface area contributed by atoms with Gasteiger partial charge in [0.1, 0.15) is 0 Å². The molecular formula is C18H25N3. The van der Waals surface area contributed by atoms with E-state index in [1.54, 1.807) is 0 Å². The van der Waals surface area contributed by atoms with Crippen LogP contribution in [-0.2, 0) is 0 Å². The molecule has 1 aromatic rings. The van der Waals surface area contributed by atoms with Crippen LogP contribution in [0.15, 0.2) is 18.3 Å². The summed E-state index contributed by atoms with van der Waals surface area (Å²) in [6.45, 7) is 0. The molecule has 1 heterocycles. The van der Waals surface area contributed by atoms with Crippen molar-refractivity contribution in [3.8, 4) is 0 Å². The van der Waals surface area contributed by atoms with E-state index in [4.69, 9.17) is 0 Å². The zero-order valence-electron chi connectivity index (χ0n) is 12.7. The van der Waals surface area contributed by atoms with Crippen LogP contribution in [0.2, 0.25) is 0 Å². The molecule has 112 valence electrons. The molecule has 1 aromatic heterocycles. The first kappa shape index (κ1) is 12.4. The van der Waals surface area contributed by atoms with E-state index in [2.05, 4.69) is 33.3 Å². The van der Waals surface area contributed by atoms with Gasteiger partial charge in [-0.15, -0.1) is 5.10 Å². The van der Waals surface area contributed by atoms with E-state index in [-0.39, 0.29) is 0 Å². The molecule has 4 saturated carbocycles. The first-order valence-corrected chi connectivity index (χ1v) is 8.93. The van der Waals surface area contributed by atoms with Crippen molar-refractivity contribution in [3.63, 3.8) is 0 Å². The zero-order chi connectivity index (χ0) is 13.8. The Balaban J connectivity index is 1.40. The maximum Gasteiger partial charge on any atom is 0.0861 e.